The van der Waals surface area contributed by atoms with Crippen molar-refractivity contribution in [3.05, 3.63) is 114 Å². The highest BCUT2D eigenvalue weighted by Crippen LogP contribution is 2.35. The fourth-order valence-electron chi connectivity index (χ4n) is 5.92. The van der Waals surface area contributed by atoms with Gasteiger partial charge >= 0.3 is 0 Å². The second-order valence-electron chi connectivity index (χ2n) is 12.7. The summed E-state index contributed by atoms with van der Waals surface area (Å²) >= 11 is 8.05. The Labute approximate surface area is 333 Å². The number of halogens is 10. The van der Waals surface area contributed by atoms with Crippen LogP contribution in [0.5, 0.6) is 0 Å². The molecule has 1 aliphatic rings. The standard InChI is InChI=1S/C35H28BrClF8N8O3S/c36-16-1-4-20-22(10-16)49-34(53(35(20)55)25-6-5-21(37)29(30(25)47-13-27(40)41)33(46)51-57(56)19-2-3-19)24(9-15-7-17(38)11-18(39)8-15)48-28(54)14-52-26(32(44)45)12-23(50-52)31(42)43/h1,4-8,10-12,19,24,27,31-32,47H,2-3,9,13-14H2,(H2,46,51)(H,48,54). The lowest BCUT2D eigenvalue weighted by Gasteiger charge is -2.26. The molecule has 2 heterocycles. The molecule has 0 saturated heterocycles. The van der Waals surface area contributed by atoms with Gasteiger partial charge in [-0.15, -0.1) is 0 Å². The van der Waals surface area contributed by atoms with E-state index >= 15 is 0 Å². The number of hydrogen-bond acceptors (Lipinski definition) is 7. The van der Waals surface area contributed by atoms with Crippen LogP contribution in [0.4, 0.5) is 40.8 Å². The summed E-state index contributed by atoms with van der Waals surface area (Å²) in [6.45, 7) is -2.12. The number of fused-ring (bicyclic) bond motifs is 1. The Hall–Kier alpha value is -4.73. The largest absolute Gasteiger partial charge is 0.593 e. The fraction of sp³-hybridized carbons (Fsp3) is 0.286. The van der Waals surface area contributed by atoms with Crippen LogP contribution in [0.3, 0.4) is 0 Å². The van der Waals surface area contributed by atoms with Crippen LogP contribution in [0.15, 0.2) is 63.9 Å². The molecule has 3 aromatic carbocycles. The van der Waals surface area contributed by atoms with Crippen LogP contribution in [0.2, 0.25) is 5.02 Å². The first-order chi connectivity index (χ1) is 27.0. The highest BCUT2D eigenvalue weighted by Gasteiger charge is 2.37. The SMILES string of the molecule is N=C(N[S+]([O-])C1CC1)c1c(Cl)ccc(-n2c(C(Cc3cc(F)cc(F)c3)NC(=O)Cn3nc(C(F)F)cc3C(F)F)nc3cc(Br)ccc3c2=O)c1NCC(F)F. The number of amides is 1. The van der Waals surface area contributed by atoms with Gasteiger partial charge < -0.3 is 15.2 Å². The Kier molecular flexibility index (Phi) is 12.8. The smallest absolute Gasteiger partial charge is 0.282 e. The topological polar surface area (TPSA) is 153 Å². The van der Waals surface area contributed by atoms with Gasteiger partial charge in [-0.3, -0.25) is 24.2 Å². The van der Waals surface area contributed by atoms with Gasteiger partial charge in [0.1, 0.15) is 40.6 Å². The van der Waals surface area contributed by atoms with Crippen LogP contribution in [0, 0.1) is 17.0 Å². The molecule has 0 spiro atoms. The predicted octanol–water partition coefficient (Wildman–Crippen LogP) is 7.67. The minimum absolute atomic E-state index is 0.00412. The third kappa shape index (κ3) is 9.70. The lowest BCUT2D eigenvalue weighted by molar-refractivity contribution is -0.122. The molecule has 2 atom stereocenters. The molecule has 0 bridgehead atoms. The van der Waals surface area contributed by atoms with Crippen molar-refractivity contribution in [1.29, 1.82) is 5.41 Å². The van der Waals surface area contributed by atoms with Crippen molar-refractivity contribution in [2.45, 2.75) is 56.4 Å². The lowest BCUT2D eigenvalue weighted by Crippen LogP contribution is -2.38. The van der Waals surface area contributed by atoms with Crippen LogP contribution in [0.25, 0.3) is 16.6 Å². The van der Waals surface area contributed by atoms with Gasteiger partial charge in [0.2, 0.25) is 5.91 Å². The van der Waals surface area contributed by atoms with Crippen molar-refractivity contribution in [2.24, 2.45) is 0 Å². The molecular weight excluding hydrogens is 880 g/mol. The van der Waals surface area contributed by atoms with Crippen molar-refractivity contribution in [2.75, 3.05) is 11.9 Å². The molecule has 0 radical (unpaired) electrons. The van der Waals surface area contributed by atoms with E-state index in [2.05, 4.69) is 41.4 Å². The highest BCUT2D eigenvalue weighted by atomic mass is 79.9. The van der Waals surface area contributed by atoms with E-state index < -0.39 is 102 Å². The predicted molar refractivity (Wildman–Crippen MR) is 199 cm³/mol. The van der Waals surface area contributed by atoms with Crippen LogP contribution >= 0.6 is 27.5 Å². The maximum Gasteiger partial charge on any atom is 0.282 e. The van der Waals surface area contributed by atoms with Gasteiger partial charge in [0, 0.05) is 29.8 Å². The first-order valence-corrected chi connectivity index (χ1v) is 19.1. The second kappa shape index (κ2) is 17.4. The molecule has 1 aliphatic carbocycles. The summed E-state index contributed by atoms with van der Waals surface area (Å²) in [4.78, 5) is 32.9. The summed E-state index contributed by atoms with van der Waals surface area (Å²) in [6.07, 6.45) is -8.92. The molecule has 1 saturated carbocycles. The zero-order valence-electron chi connectivity index (χ0n) is 28.8. The number of amidine groups is 1. The summed E-state index contributed by atoms with van der Waals surface area (Å²) < 4.78 is 128. The van der Waals surface area contributed by atoms with Gasteiger partial charge in [-0.1, -0.05) is 27.5 Å². The third-order valence-electron chi connectivity index (χ3n) is 8.52. The first kappa shape index (κ1) is 41.9. The van der Waals surface area contributed by atoms with Crippen molar-refractivity contribution in [3.8, 4) is 5.69 Å². The van der Waals surface area contributed by atoms with E-state index in [9.17, 15) is 49.3 Å². The normalized spacial score (nSPS) is 14.1. The molecule has 2 aromatic heterocycles. The van der Waals surface area contributed by atoms with Crippen molar-refractivity contribution in [3.63, 3.8) is 0 Å². The van der Waals surface area contributed by atoms with Gasteiger partial charge in [-0.05, 0) is 54.1 Å². The minimum atomic E-state index is -3.33. The van der Waals surface area contributed by atoms with E-state index in [1.807, 2.05) is 0 Å². The Morgan fingerprint density at radius 2 is 1.72 bits per heavy atom. The maximum absolute atomic E-state index is 14.6. The number of carbonyl (C=O) groups is 1. The lowest BCUT2D eigenvalue weighted by atomic mass is 10.0. The minimum Gasteiger partial charge on any atom is -0.593 e. The van der Waals surface area contributed by atoms with Gasteiger partial charge in [-0.2, -0.15) is 9.82 Å². The number of benzene rings is 3. The van der Waals surface area contributed by atoms with E-state index in [4.69, 9.17) is 17.0 Å². The molecule has 1 fully saturated rings. The van der Waals surface area contributed by atoms with E-state index in [1.165, 1.54) is 30.3 Å². The fourth-order valence-corrected chi connectivity index (χ4v) is 7.56. The number of carbonyl (C=O) groups excluding carboxylic acids is 1. The molecule has 4 N–H and O–H groups in total. The first-order valence-electron chi connectivity index (χ1n) is 16.7. The average Bonchev–Trinajstić information content (AvgIpc) is 3.89. The zero-order chi connectivity index (χ0) is 41.3. The van der Waals surface area contributed by atoms with E-state index in [0.717, 1.165) is 16.7 Å². The number of aromatic nitrogens is 4. The highest BCUT2D eigenvalue weighted by molar-refractivity contribution is 9.10. The Morgan fingerprint density at radius 1 is 1.02 bits per heavy atom. The van der Waals surface area contributed by atoms with Crippen molar-refractivity contribution in [1.82, 2.24) is 29.4 Å². The summed E-state index contributed by atoms with van der Waals surface area (Å²) in [6, 6.07) is 7.92. The summed E-state index contributed by atoms with van der Waals surface area (Å²) in [7, 11) is 0. The average molecular weight is 908 g/mol. The number of anilines is 1. The monoisotopic (exact) mass is 906 g/mol. The van der Waals surface area contributed by atoms with Gasteiger partial charge in [0.15, 0.2) is 5.84 Å². The van der Waals surface area contributed by atoms with Gasteiger partial charge in [0.25, 0.3) is 24.8 Å². The van der Waals surface area contributed by atoms with Crippen LogP contribution < -0.4 is 20.9 Å². The molecule has 11 nitrogen and oxygen atoms in total. The second-order valence-corrected chi connectivity index (χ2v) is 15.5. The van der Waals surface area contributed by atoms with Crippen molar-refractivity contribution < 1.29 is 44.5 Å². The number of alkyl halides is 6. The Morgan fingerprint density at radius 3 is 2.35 bits per heavy atom. The summed E-state index contributed by atoms with van der Waals surface area (Å²) in [5, 5.41) is 16.6. The maximum atomic E-state index is 14.6. The number of nitrogens with zero attached hydrogens (tertiary/aromatic N) is 4. The third-order valence-corrected chi connectivity index (χ3v) is 10.8. The zero-order valence-corrected chi connectivity index (χ0v) is 32.0. The molecule has 302 valence electrons. The summed E-state index contributed by atoms with van der Waals surface area (Å²) in [5.74, 6) is -4.18. The molecular formula is C35H28BrClF8N8O3S. The Balaban J connectivity index is 1.57. The quantitative estimate of drug-likeness (QED) is 0.0364. The molecule has 1 amide bonds. The molecule has 0 aliphatic heterocycles. The van der Waals surface area contributed by atoms with Crippen LogP contribution in [-0.4, -0.2) is 53.8 Å². The molecule has 2 unspecified atom stereocenters. The Bertz CT molecular complexity index is 2380. The van der Waals surface area contributed by atoms with Crippen molar-refractivity contribution >= 4 is 67.2 Å². The molecule has 5 aromatic rings. The van der Waals surface area contributed by atoms with Gasteiger partial charge in [0.05, 0.1) is 56.8 Å². The molecule has 22 heteroatoms. The van der Waals surface area contributed by atoms with E-state index in [-0.39, 0.29) is 43.7 Å². The van der Waals surface area contributed by atoms with Crippen LogP contribution in [0.1, 0.15) is 60.1 Å². The van der Waals surface area contributed by atoms with E-state index in [0.29, 0.717) is 34.1 Å². The van der Waals surface area contributed by atoms with Crippen LogP contribution in [-0.2, 0) is 29.1 Å². The molecule has 57 heavy (non-hydrogen) atoms. The number of nitrogens with one attached hydrogen (secondary N) is 4. The molecule has 6 rings (SSSR count). The number of rotatable bonds is 15. The van der Waals surface area contributed by atoms with E-state index in [1.54, 1.807) is 0 Å². The summed E-state index contributed by atoms with van der Waals surface area (Å²) in [5.41, 5.74) is -3.93. The number of hydrogen-bond donors (Lipinski definition) is 4. The van der Waals surface area contributed by atoms with Gasteiger partial charge in [-0.25, -0.2) is 40.1 Å².